The third kappa shape index (κ3) is 5.25. The van der Waals surface area contributed by atoms with Crippen molar-refractivity contribution in [3.63, 3.8) is 0 Å². The standard InChI is InChI=1S/C43H24N6/c44-25-28-15-17-36(43-47-38(31-9-3-1-4-10-31)24-39(48-43)32-11-5-2-6-12-32)42(22-28)49-40-14-8-7-13-35(40)37-23-33(16-18-41(37)49)34-20-29(26-45)19-30(21-34)27-46/h1-24H. The van der Waals surface area contributed by atoms with Crippen LogP contribution in [0.5, 0.6) is 0 Å². The maximum absolute atomic E-state index is 10.0. The average molecular weight is 625 g/mol. The normalized spacial score (nSPS) is 10.8. The summed E-state index contributed by atoms with van der Waals surface area (Å²) in [6.07, 6.45) is 0. The van der Waals surface area contributed by atoms with Crippen LogP contribution in [0, 0.1) is 34.0 Å². The molecule has 6 nitrogen and oxygen atoms in total. The average Bonchev–Trinajstić information content (AvgIpc) is 3.51. The summed E-state index contributed by atoms with van der Waals surface area (Å²) < 4.78 is 2.16. The second-order valence-corrected chi connectivity index (χ2v) is 11.6. The van der Waals surface area contributed by atoms with Crippen molar-refractivity contribution in [1.29, 1.82) is 15.8 Å². The summed E-state index contributed by atoms with van der Waals surface area (Å²) in [6, 6.07) is 53.9. The number of hydrogen-bond donors (Lipinski definition) is 0. The highest BCUT2D eigenvalue weighted by atomic mass is 15.0. The van der Waals surface area contributed by atoms with E-state index in [4.69, 9.17) is 9.97 Å². The summed E-state index contributed by atoms with van der Waals surface area (Å²) in [5.41, 5.74) is 10.0. The van der Waals surface area contributed by atoms with Crippen LogP contribution < -0.4 is 0 Å². The lowest BCUT2D eigenvalue weighted by molar-refractivity contribution is 1.14. The van der Waals surface area contributed by atoms with E-state index in [1.54, 1.807) is 24.3 Å². The molecular weight excluding hydrogens is 601 g/mol. The van der Waals surface area contributed by atoms with Crippen LogP contribution in [0.1, 0.15) is 16.7 Å². The molecule has 0 spiro atoms. The van der Waals surface area contributed by atoms with Crippen LogP contribution in [0.3, 0.4) is 0 Å². The molecule has 6 aromatic carbocycles. The number of nitrogens with zero attached hydrogens (tertiary/aromatic N) is 6. The van der Waals surface area contributed by atoms with E-state index in [9.17, 15) is 15.8 Å². The number of para-hydroxylation sites is 1. The Morgan fingerprint density at radius 1 is 0.429 bits per heavy atom. The zero-order valence-electron chi connectivity index (χ0n) is 26.0. The lowest BCUT2D eigenvalue weighted by Gasteiger charge is -2.15. The van der Waals surface area contributed by atoms with Gasteiger partial charge in [0, 0.05) is 27.5 Å². The van der Waals surface area contributed by atoms with Crippen molar-refractivity contribution in [2.75, 3.05) is 0 Å². The van der Waals surface area contributed by atoms with Gasteiger partial charge < -0.3 is 4.57 Å². The molecule has 0 atom stereocenters. The third-order valence-corrected chi connectivity index (χ3v) is 8.67. The van der Waals surface area contributed by atoms with Gasteiger partial charge in [-0.2, -0.15) is 15.8 Å². The highest BCUT2D eigenvalue weighted by Gasteiger charge is 2.20. The first kappa shape index (κ1) is 29.1. The Balaban J connectivity index is 1.39. The zero-order chi connectivity index (χ0) is 33.3. The Hall–Kier alpha value is -7.33. The number of fused-ring (bicyclic) bond motifs is 3. The molecule has 49 heavy (non-hydrogen) atoms. The topological polar surface area (TPSA) is 102 Å². The Labute approximate surface area is 282 Å². The molecule has 0 radical (unpaired) electrons. The van der Waals surface area contributed by atoms with Crippen molar-refractivity contribution in [2.45, 2.75) is 0 Å². The molecule has 0 unspecified atom stereocenters. The summed E-state index contributed by atoms with van der Waals surface area (Å²) in [6.45, 7) is 0. The van der Waals surface area contributed by atoms with E-state index in [-0.39, 0.29) is 0 Å². The van der Waals surface area contributed by atoms with Crippen LogP contribution in [-0.4, -0.2) is 14.5 Å². The number of nitriles is 3. The van der Waals surface area contributed by atoms with Crippen molar-refractivity contribution >= 4 is 21.8 Å². The largest absolute Gasteiger partial charge is 0.308 e. The van der Waals surface area contributed by atoms with E-state index in [1.165, 1.54) is 0 Å². The van der Waals surface area contributed by atoms with Crippen LogP contribution in [0.2, 0.25) is 0 Å². The minimum atomic E-state index is 0.433. The van der Waals surface area contributed by atoms with Gasteiger partial charge in [0.25, 0.3) is 0 Å². The fraction of sp³-hybridized carbons (Fsp3) is 0. The predicted molar refractivity (Wildman–Crippen MR) is 192 cm³/mol. The highest BCUT2D eigenvalue weighted by molar-refractivity contribution is 6.11. The second kappa shape index (κ2) is 12.1. The summed E-state index contributed by atoms with van der Waals surface area (Å²) >= 11 is 0. The van der Waals surface area contributed by atoms with Gasteiger partial charge in [-0.05, 0) is 71.8 Å². The highest BCUT2D eigenvalue weighted by Crippen LogP contribution is 2.39. The molecular formula is C43H24N6. The van der Waals surface area contributed by atoms with E-state index < -0.39 is 0 Å². The first-order valence-corrected chi connectivity index (χ1v) is 15.7. The van der Waals surface area contributed by atoms with E-state index >= 15 is 0 Å². The lowest BCUT2D eigenvalue weighted by Crippen LogP contribution is -2.02. The van der Waals surface area contributed by atoms with Gasteiger partial charge in [-0.15, -0.1) is 0 Å². The van der Waals surface area contributed by atoms with Gasteiger partial charge in [0.2, 0.25) is 0 Å². The molecule has 2 aromatic heterocycles. The summed E-state index contributed by atoms with van der Waals surface area (Å²) in [4.78, 5) is 10.2. The van der Waals surface area contributed by atoms with Crippen LogP contribution in [0.25, 0.3) is 72.5 Å². The smallest absolute Gasteiger partial charge is 0.162 e. The molecule has 0 aliphatic carbocycles. The van der Waals surface area contributed by atoms with Gasteiger partial charge in [0.15, 0.2) is 5.82 Å². The monoisotopic (exact) mass is 624 g/mol. The molecule has 8 rings (SSSR count). The van der Waals surface area contributed by atoms with E-state index in [1.807, 2.05) is 97.1 Å². The number of benzene rings is 6. The first-order chi connectivity index (χ1) is 24.1. The molecule has 0 saturated carbocycles. The SMILES string of the molecule is N#Cc1cc(C#N)cc(-c2ccc3c(c2)c2ccccc2n3-c2cc(C#N)ccc2-c2nc(-c3ccccc3)cc(-c3ccccc3)n2)c1. The molecule has 0 aliphatic heterocycles. The first-order valence-electron chi connectivity index (χ1n) is 15.7. The molecule has 226 valence electrons. The quantitative estimate of drug-likeness (QED) is 0.190. The predicted octanol–water partition coefficient (Wildman–Crippen LogP) is 9.86. The van der Waals surface area contributed by atoms with Gasteiger partial charge in [-0.1, -0.05) is 84.9 Å². The fourth-order valence-corrected chi connectivity index (χ4v) is 6.39. The van der Waals surface area contributed by atoms with Crippen LogP contribution in [0.15, 0.2) is 146 Å². The third-order valence-electron chi connectivity index (χ3n) is 8.67. The maximum Gasteiger partial charge on any atom is 0.162 e. The van der Waals surface area contributed by atoms with Crippen molar-refractivity contribution < 1.29 is 0 Å². The van der Waals surface area contributed by atoms with E-state index in [0.29, 0.717) is 22.5 Å². The van der Waals surface area contributed by atoms with Crippen molar-refractivity contribution in [1.82, 2.24) is 14.5 Å². The Bertz CT molecular complexity index is 2600. The Kier molecular flexibility index (Phi) is 7.20. The molecule has 0 saturated heterocycles. The maximum atomic E-state index is 10.0. The zero-order valence-corrected chi connectivity index (χ0v) is 26.0. The van der Waals surface area contributed by atoms with Crippen molar-refractivity contribution in [3.05, 3.63) is 162 Å². The molecule has 2 heterocycles. The Morgan fingerprint density at radius 2 is 1.02 bits per heavy atom. The van der Waals surface area contributed by atoms with Gasteiger partial charge >= 0.3 is 0 Å². The van der Waals surface area contributed by atoms with Crippen molar-refractivity contribution in [3.8, 4) is 68.9 Å². The van der Waals surface area contributed by atoms with E-state index in [2.05, 4.69) is 47.0 Å². The van der Waals surface area contributed by atoms with Crippen LogP contribution in [-0.2, 0) is 0 Å². The number of rotatable bonds is 5. The van der Waals surface area contributed by atoms with Gasteiger partial charge in [-0.3, -0.25) is 0 Å². The summed E-state index contributed by atoms with van der Waals surface area (Å²) in [5.74, 6) is 0.541. The number of aromatic nitrogens is 3. The molecule has 8 aromatic rings. The molecule has 0 bridgehead atoms. The molecule has 0 fully saturated rings. The minimum Gasteiger partial charge on any atom is -0.308 e. The van der Waals surface area contributed by atoms with Crippen LogP contribution >= 0.6 is 0 Å². The Morgan fingerprint density at radius 3 is 1.65 bits per heavy atom. The van der Waals surface area contributed by atoms with Gasteiger partial charge in [-0.25, -0.2) is 9.97 Å². The lowest BCUT2D eigenvalue weighted by atomic mass is 9.99. The minimum absolute atomic E-state index is 0.433. The molecule has 0 amide bonds. The summed E-state index contributed by atoms with van der Waals surface area (Å²) in [5, 5.41) is 31.3. The number of hydrogen-bond acceptors (Lipinski definition) is 5. The van der Waals surface area contributed by atoms with Crippen molar-refractivity contribution in [2.24, 2.45) is 0 Å². The van der Waals surface area contributed by atoms with Crippen LogP contribution in [0.4, 0.5) is 0 Å². The fourth-order valence-electron chi connectivity index (χ4n) is 6.39. The molecule has 0 N–H and O–H groups in total. The van der Waals surface area contributed by atoms with E-state index in [0.717, 1.165) is 66.7 Å². The summed E-state index contributed by atoms with van der Waals surface area (Å²) in [7, 11) is 0. The molecule has 6 heteroatoms. The van der Waals surface area contributed by atoms with Gasteiger partial charge in [0.1, 0.15) is 0 Å². The second-order valence-electron chi connectivity index (χ2n) is 11.6. The molecule has 0 aliphatic rings. The van der Waals surface area contributed by atoms with Gasteiger partial charge in [0.05, 0.1) is 63.0 Å².